The van der Waals surface area contributed by atoms with Crippen molar-refractivity contribution in [3.63, 3.8) is 0 Å². The molecule has 0 aliphatic rings. The number of anilines is 1. The topological polar surface area (TPSA) is 75.3 Å². The first-order valence-corrected chi connectivity index (χ1v) is 6.83. The van der Waals surface area contributed by atoms with Crippen LogP contribution in [0.3, 0.4) is 0 Å². The van der Waals surface area contributed by atoms with E-state index in [2.05, 4.69) is 12.2 Å². The summed E-state index contributed by atoms with van der Waals surface area (Å²) >= 11 is 0. The summed E-state index contributed by atoms with van der Waals surface area (Å²) in [5, 5.41) is 11.9. The molecule has 1 aromatic rings. The van der Waals surface area contributed by atoms with E-state index >= 15 is 0 Å². The minimum Gasteiger partial charge on any atom is -0.398 e. The molecule has 19 heavy (non-hydrogen) atoms. The van der Waals surface area contributed by atoms with Crippen molar-refractivity contribution < 1.29 is 9.90 Å². The number of amides is 1. The summed E-state index contributed by atoms with van der Waals surface area (Å²) in [6.07, 6.45) is 2.79. The number of nitrogens with two attached hydrogens (primary N) is 1. The Kier molecular flexibility index (Phi) is 6.36. The predicted molar refractivity (Wildman–Crippen MR) is 78.0 cm³/mol. The first-order chi connectivity index (χ1) is 9.08. The number of aliphatic hydroxyl groups excluding tert-OH is 1. The van der Waals surface area contributed by atoms with Crippen molar-refractivity contribution in [3.05, 3.63) is 29.3 Å². The number of benzene rings is 1. The van der Waals surface area contributed by atoms with Crippen molar-refractivity contribution in [2.75, 3.05) is 18.9 Å². The molecular weight excluding hydrogens is 240 g/mol. The fraction of sp³-hybridized carbons (Fsp3) is 0.533. The Balaban J connectivity index is 2.56. The number of nitrogen functional groups attached to an aromatic ring is 1. The van der Waals surface area contributed by atoms with Gasteiger partial charge in [-0.25, -0.2) is 0 Å². The normalized spacial score (nSPS) is 12.2. The lowest BCUT2D eigenvalue weighted by Crippen LogP contribution is -2.29. The molecule has 0 aliphatic carbocycles. The van der Waals surface area contributed by atoms with Crippen LogP contribution in [0.2, 0.25) is 0 Å². The van der Waals surface area contributed by atoms with Gasteiger partial charge in [-0.05, 0) is 43.4 Å². The van der Waals surface area contributed by atoms with Gasteiger partial charge in [-0.15, -0.1) is 0 Å². The van der Waals surface area contributed by atoms with Gasteiger partial charge in [0.2, 0.25) is 0 Å². The van der Waals surface area contributed by atoms with Crippen LogP contribution in [0.25, 0.3) is 0 Å². The SMILES string of the molecule is CCCC(CCO)CNC(=O)c1ccc(C)c(N)c1. The number of rotatable bonds is 7. The quantitative estimate of drug-likeness (QED) is 0.660. The van der Waals surface area contributed by atoms with Crippen LogP contribution in [-0.2, 0) is 0 Å². The van der Waals surface area contributed by atoms with Gasteiger partial charge in [-0.1, -0.05) is 19.4 Å². The summed E-state index contributed by atoms with van der Waals surface area (Å²) in [7, 11) is 0. The molecule has 0 aliphatic heterocycles. The second-order valence-electron chi connectivity index (χ2n) is 4.95. The first kappa shape index (κ1) is 15.5. The van der Waals surface area contributed by atoms with Crippen LogP contribution in [0.1, 0.15) is 42.1 Å². The van der Waals surface area contributed by atoms with E-state index < -0.39 is 0 Å². The largest absolute Gasteiger partial charge is 0.398 e. The number of aliphatic hydroxyl groups is 1. The van der Waals surface area contributed by atoms with Crippen LogP contribution < -0.4 is 11.1 Å². The van der Waals surface area contributed by atoms with Crippen molar-refractivity contribution in [2.24, 2.45) is 5.92 Å². The average Bonchev–Trinajstić information content (AvgIpc) is 2.39. The lowest BCUT2D eigenvalue weighted by atomic mass is 10.00. The van der Waals surface area contributed by atoms with E-state index in [0.717, 1.165) is 24.8 Å². The maximum atomic E-state index is 12.0. The minimum atomic E-state index is -0.106. The van der Waals surface area contributed by atoms with Gasteiger partial charge in [0.1, 0.15) is 0 Å². The Morgan fingerprint density at radius 1 is 1.42 bits per heavy atom. The number of hydrogen-bond acceptors (Lipinski definition) is 3. The zero-order chi connectivity index (χ0) is 14.3. The summed E-state index contributed by atoms with van der Waals surface area (Å²) in [4.78, 5) is 12.0. The fourth-order valence-electron chi connectivity index (χ4n) is 2.06. The molecule has 0 bridgehead atoms. The summed E-state index contributed by atoms with van der Waals surface area (Å²) in [5.74, 6) is 0.229. The molecule has 0 heterocycles. The van der Waals surface area contributed by atoms with Gasteiger partial charge in [0, 0.05) is 24.4 Å². The summed E-state index contributed by atoms with van der Waals surface area (Å²) in [6.45, 7) is 4.78. The van der Waals surface area contributed by atoms with Crippen molar-refractivity contribution >= 4 is 11.6 Å². The average molecular weight is 264 g/mol. The van der Waals surface area contributed by atoms with Crippen LogP contribution in [0.5, 0.6) is 0 Å². The molecule has 4 heteroatoms. The zero-order valence-electron chi connectivity index (χ0n) is 11.8. The van der Waals surface area contributed by atoms with Crippen molar-refractivity contribution in [1.82, 2.24) is 5.32 Å². The molecule has 0 fully saturated rings. The maximum Gasteiger partial charge on any atom is 0.251 e. The van der Waals surface area contributed by atoms with Gasteiger partial charge in [-0.2, -0.15) is 0 Å². The van der Waals surface area contributed by atoms with Crippen LogP contribution in [0.15, 0.2) is 18.2 Å². The van der Waals surface area contributed by atoms with Gasteiger partial charge in [0.25, 0.3) is 5.91 Å². The van der Waals surface area contributed by atoms with Crippen LogP contribution in [0, 0.1) is 12.8 Å². The number of nitrogens with one attached hydrogen (secondary N) is 1. The van der Waals surface area contributed by atoms with Gasteiger partial charge in [-0.3, -0.25) is 4.79 Å². The molecular formula is C15H24N2O2. The van der Waals surface area contributed by atoms with E-state index in [0.29, 0.717) is 23.7 Å². The van der Waals surface area contributed by atoms with Crippen LogP contribution in [-0.4, -0.2) is 24.2 Å². The monoisotopic (exact) mass is 264 g/mol. The summed E-state index contributed by atoms with van der Waals surface area (Å²) in [6, 6.07) is 5.33. The molecule has 1 rings (SSSR count). The molecule has 1 aromatic carbocycles. The third-order valence-corrected chi connectivity index (χ3v) is 3.33. The van der Waals surface area contributed by atoms with E-state index in [-0.39, 0.29) is 12.5 Å². The molecule has 0 spiro atoms. The number of hydrogen-bond donors (Lipinski definition) is 3. The van der Waals surface area contributed by atoms with Crippen molar-refractivity contribution in [3.8, 4) is 0 Å². The number of carbonyl (C=O) groups excluding carboxylic acids is 1. The summed E-state index contributed by atoms with van der Waals surface area (Å²) in [5.41, 5.74) is 7.99. The third kappa shape index (κ3) is 4.91. The molecule has 106 valence electrons. The van der Waals surface area contributed by atoms with E-state index in [4.69, 9.17) is 10.8 Å². The lowest BCUT2D eigenvalue weighted by Gasteiger charge is -2.15. The Labute approximate surface area is 115 Å². The van der Waals surface area contributed by atoms with Gasteiger partial charge < -0.3 is 16.2 Å². The third-order valence-electron chi connectivity index (χ3n) is 3.33. The molecule has 4 nitrogen and oxygen atoms in total. The van der Waals surface area contributed by atoms with E-state index in [1.54, 1.807) is 12.1 Å². The maximum absolute atomic E-state index is 12.0. The lowest BCUT2D eigenvalue weighted by molar-refractivity contribution is 0.0943. The zero-order valence-corrected chi connectivity index (χ0v) is 11.8. The fourth-order valence-corrected chi connectivity index (χ4v) is 2.06. The molecule has 0 saturated heterocycles. The second kappa shape index (κ2) is 7.79. The number of carbonyl (C=O) groups is 1. The Morgan fingerprint density at radius 3 is 2.74 bits per heavy atom. The van der Waals surface area contributed by atoms with Crippen LogP contribution >= 0.6 is 0 Å². The predicted octanol–water partition coefficient (Wildman–Crippen LogP) is 2.11. The molecule has 0 aromatic heterocycles. The highest BCUT2D eigenvalue weighted by molar-refractivity contribution is 5.95. The van der Waals surface area contributed by atoms with Crippen LogP contribution in [0.4, 0.5) is 5.69 Å². The van der Waals surface area contributed by atoms with Gasteiger partial charge in [0.15, 0.2) is 0 Å². The molecule has 0 radical (unpaired) electrons. The number of aryl methyl sites for hydroxylation is 1. The smallest absolute Gasteiger partial charge is 0.251 e. The second-order valence-corrected chi connectivity index (χ2v) is 4.95. The standard InChI is InChI=1S/C15H24N2O2/c1-3-4-12(7-8-18)10-17-15(19)13-6-5-11(2)14(16)9-13/h5-6,9,12,18H,3-4,7-8,10,16H2,1-2H3,(H,17,19). The van der Waals surface area contributed by atoms with E-state index in [9.17, 15) is 4.79 Å². The van der Waals surface area contributed by atoms with Crippen molar-refractivity contribution in [2.45, 2.75) is 33.1 Å². The molecule has 1 unspecified atom stereocenters. The van der Waals surface area contributed by atoms with Gasteiger partial charge in [0.05, 0.1) is 0 Å². The highest BCUT2D eigenvalue weighted by Crippen LogP contribution is 2.13. The van der Waals surface area contributed by atoms with Crippen molar-refractivity contribution in [1.29, 1.82) is 0 Å². The first-order valence-electron chi connectivity index (χ1n) is 6.83. The highest BCUT2D eigenvalue weighted by Gasteiger charge is 2.11. The van der Waals surface area contributed by atoms with E-state index in [1.165, 1.54) is 0 Å². The summed E-state index contributed by atoms with van der Waals surface area (Å²) < 4.78 is 0. The molecule has 0 saturated carbocycles. The highest BCUT2D eigenvalue weighted by atomic mass is 16.3. The Hall–Kier alpha value is -1.55. The molecule has 1 amide bonds. The minimum absolute atomic E-state index is 0.106. The molecule has 1 atom stereocenters. The molecule has 4 N–H and O–H groups in total. The Bertz CT molecular complexity index is 413. The van der Waals surface area contributed by atoms with E-state index in [1.807, 2.05) is 13.0 Å². The Morgan fingerprint density at radius 2 is 2.16 bits per heavy atom. The van der Waals surface area contributed by atoms with Gasteiger partial charge >= 0.3 is 0 Å².